The van der Waals surface area contributed by atoms with Crippen molar-refractivity contribution in [2.24, 2.45) is 0 Å². The molecule has 0 aliphatic heterocycles. The fraction of sp³-hybridized carbons (Fsp3) is 0.190. The number of benzene rings is 2. The molecule has 0 spiro atoms. The van der Waals surface area contributed by atoms with Gasteiger partial charge in [0, 0.05) is 17.4 Å². The fourth-order valence-corrected chi connectivity index (χ4v) is 3.19. The summed E-state index contributed by atoms with van der Waals surface area (Å²) in [6, 6.07) is 7.15. The first-order valence-electron chi connectivity index (χ1n) is 9.19. The maximum Gasteiger partial charge on any atom is 0.417 e. The molecule has 0 atom stereocenters. The number of aromatic amines is 1. The zero-order valence-electron chi connectivity index (χ0n) is 16.9. The van der Waals surface area contributed by atoms with Crippen molar-refractivity contribution >= 4 is 34.2 Å². The van der Waals surface area contributed by atoms with E-state index >= 15 is 0 Å². The highest BCUT2D eigenvalue weighted by Gasteiger charge is 2.12. The van der Waals surface area contributed by atoms with E-state index in [1.54, 1.807) is 26.2 Å². The van der Waals surface area contributed by atoms with Gasteiger partial charge in [0.05, 0.1) is 18.8 Å². The number of aryl methyl sites for hydroxylation is 2. The molecule has 0 saturated heterocycles. The van der Waals surface area contributed by atoms with E-state index in [1.165, 1.54) is 0 Å². The molecule has 3 N–H and O–H groups in total. The van der Waals surface area contributed by atoms with Crippen LogP contribution in [0, 0.1) is 26.6 Å². The van der Waals surface area contributed by atoms with Gasteiger partial charge < -0.3 is 19.8 Å². The highest BCUT2D eigenvalue weighted by molar-refractivity contribution is 5.81. The van der Waals surface area contributed by atoms with Crippen LogP contribution in [0.5, 0.6) is 5.75 Å². The molecule has 30 heavy (non-hydrogen) atoms. The number of nitrogens with one attached hydrogen (secondary N) is 3. The molecule has 0 unspecified atom stereocenters. The van der Waals surface area contributed by atoms with E-state index < -0.39 is 11.6 Å². The molecule has 0 saturated carbocycles. The third kappa shape index (κ3) is 3.69. The molecule has 2 heterocycles. The van der Waals surface area contributed by atoms with Crippen molar-refractivity contribution in [2.45, 2.75) is 20.8 Å². The second kappa shape index (κ2) is 7.51. The second-order valence-corrected chi connectivity index (χ2v) is 6.94. The van der Waals surface area contributed by atoms with E-state index in [9.17, 15) is 9.18 Å². The molecule has 2 aromatic carbocycles. The molecular weight excluding hydrogens is 389 g/mol. The predicted molar refractivity (Wildman–Crippen MR) is 113 cm³/mol. The van der Waals surface area contributed by atoms with E-state index in [4.69, 9.17) is 9.15 Å². The molecule has 0 bridgehead atoms. The number of halogens is 1. The first-order valence-corrected chi connectivity index (χ1v) is 9.19. The average Bonchev–Trinajstić information content (AvgIpc) is 3.08. The third-order valence-corrected chi connectivity index (χ3v) is 4.81. The number of H-pyrrole nitrogens is 1. The van der Waals surface area contributed by atoms with Gasteiger partial charge in [-0.1, -0.05) is 0 Å². The molecule has 0 aliphatic rings. The molecule has 0 aliphatic carbocycles. The van der Waals surface area contributed by atoms with E-state index in [0.717, 1.165) is 34.3 Å². The molecule has 0 radical (unpaired) electrons. The van der Waals surface area contributed by atoms with Crippen molar-refractivity contribution in [3.8, 4) is 5.75 Å². The van der Waals surface area contributed by atoms with Crippen LogP contribution in [0.15, 0.2) is 39.7 Å². The second-order valence-electron chi connectivity index (χ2n) is 6.94. The zero-order chi connectivity index (χ0) is 21.4. The lowest BCUT2D eigenvalue weighted by Crippen LogP contribution is -2.04. The maximum absolute atomic E-state index is 14.3. The molecule has 154 valence electrons. The predicted octanol–water partition coefficient (Wildman–Crippen LogP) is 4.47. The van der Waals surface area contributed by atoms with Crippen LogP contribution in [-0.4, -0.2) is 22.1 Å². The SMILES string of the molecule is COc1cc(Nc2ncc(F)c(Nc3cc(C)c4oc(=O)[nH]c4c3)n2)cc(C)c1C. The maximum atomic E-state index is 14.3. The Morgan fingerprint density at radius 3 is 2.57 bits per heavy atom. The summed E-state index contributed by atoms with van der Waals surface area (Å²) in [6.45, 7) is 5.74. The monoisotopic (exact) mass is 409 g/mol. The lowest BCUT2D eigenvalue weighted by Gasteiger charge is -2.13. The minimum absolute atomic E-state index is 0.00658. The lowest BCUT2D eigenvalue weighted by atomic mass is 10.1. The zero-order valence-corrected chi connectivity index (χ0v) is 16.9. The van der Waals surface area contributed by atoms with Gasteiger partial charge in [0.25, 0.3) is 0 Å². The smallest absolute Gasteiger partial charge is 0.417 e. The molecule has 0 amide bonds. The molecule has 0 fully saturated rings. The first kappa shape index (κ1) is 19.4. The van der Waals surface area contributed by atoms with E-state index in [2.05, 4.69) is 25.6 Å². The normalized spacial score (nSPS) is 11.0. The Morgan fingerprint density at radius 1 is 1.07 bits per heavy atom. The summed E-state index contributed by atoms with van der Waals surface area (Å²) < 4.78 is 24.8. The van der Waals surface area contributed by atoms with Crippen LogP contribution in [-0.2, 0) is 0 Å². The largest absolute Gasteiger partial charge is 0.496 e. The van der Waals surface area contributed by atoms with E-state index in [0.29, 0.717) is 16.8 Å². The van der Waals surface area contributed by atoms with Crippen LogP contribution in [0.1, 0.15) is 16.7 Å². The summed E-state index contributed by atoms with van der Waals surface area (Å²) >= 11 is 0. The van der Waals surface area contributed by atoms with Gasteiger partial charge in [0.2, 0.25) is 5.95 Å². The van der Waals surface area contributed by atoms with Crippen LogP contribution in [0.25, 0.3) is 11.1 Å². The Balaban J connectivity index is 1.64. The standard InChI is InChI=1S/C21H20FN5O3/c1-10-5-14(8-17(29-4)12(10)3)25-20-23-9-15(22)19(27-20)24-13-6-11(2)18-16(7-13)26-21(28)30-18/h5-9H,1-4H3,(H,26,28)(H2,23,24,25,27). The number of hydrogen-bond acceptors (Lipinski definition) is 7. The summed E-state index contributed by atoms with van der Waals surface area (Å²) in [6.07, 6.45) is 1.08. The van der Waals surface area contributed by atoms with Crippen molar-refractivity contribution in [1.82, 2.24) is 15.0 Å². The van der Waals surface area contributed by atoms with Crippen LogP contribution in [0.4, 0.5) is 27.5 Å². The van der Waals surface area contributed by atoms with E-state index in [1.807, 2.05) is 26.0 Å². The number of oxazole rings is 1. The number of methoxy groups -OCH3 is 1. The van der Waals surface area contributed by atoms with Crippen LogP contribution in [0.2, 0.25) is 0 Å². The van der Waals surface area contributed by atoms with Gasteiger partial charge in [-0.2, -0.15) is 4.98 Å². The van der Waals surface area contributed by atoms with Crippen LogP contribution in [0.3, 0.4) is 0 Å². The Hall–Kier alpha value is -3.88. The van der Waals surface area contributed by atoms with E-state index in [-0.39, 0.29) is 11.8 Å². The van der Waals surface area contributed by atoms with Gasteiger partial charge in [-0.3, -0.25) is 4.98 Å². The summed E-state index contributed by atoms with van der Waals surface area (Å²) in [4.78, 5) is 22.3. The van der Waals surface area contributed by atoms with Crippen LogP contribution >= 0.6 is 0 Å². The summed E-state index contributed by atoms with van der Waals surface area (Å²) in [5, 5.41) is 6.00. The van der Waals surface area contributed by atoms with Gasteiger partial charge in [0.1, 0.15) is 5.75 Å². The third-order valence-electron chi connectivity index (χ3n) is 4.81. The first-order chi connectivity index (χ1) is 14.3. The lowest BCUT2D eigenvalue weighted by molar-refractivity contribution is 0.411. The molecule has 4 rings (SSSR count). The van der Waals surface area contributed by atoms with Gasteiger partial charge >= 0.3 is 5.76 Å². The van der Waals surface area contributed by atoms with Crippen molar-refractivity contribution in [2.75, 3.05) is 17.7 Å². The number of nitrogens with zero attached hydrogens (tertiary/aromatic N) is 2. The van der Waals surface area contributed by atoms with Gasteiger partial charge in [-0.15, -0.1) is 0 Å². The van der Waals surface area contributed by atoms with Gasteiger partial charge in [-0.05, 0) is 55.7 Å². The Bertz CT molecular complexity index is 1310. The minimum atomic E-state index is -0.614. The minimum Gasteiger partial charge on any atom is -0.496 e. The topological polar surface area (TPSA) is 105 Å². The quantitative estimate of drug-likeness (QED) is 0.447. The van der Waals surface area contributed by atoms with Crippen molar-refractivity contribution in [3.63, 3.8) is 0 Å². The van der Waals surface area contributed by atoms with Crippen molar-refractivity contribution in [3.05, 3.63) is 63.5 Å². The Kier molecular flexibility index (Phi) is 4.86. The number of rotatable bonds is 5. The molecule has 2 aromatic heterocycles. The van der Waals surface area contributed by atoms with Gasteiger partial charge in [-0.25, -0.2) is 14.2 Å². The number of hydrogen-bond donors (Lipinski definition) is 3. The molecule has 8 nitrogen and oxygen atoms in total. The van der Waals surface area contributed by atoms with Gasteiger partial charge in [0.15, 0.2) is 17.2 Å². The highest BCUT2D eigenvalue weighted by Crippen LogP contribution is 2.29. The summed E-state index contributed by atoms with van der Waals surface area (Å²) in [5.41, 5.74) is 5.04. The number of ether oxygens (including phenoxy) is 1. The highest BCUT2D eigenvalue weighted by atomic mass is 19.1. The fourth-order valence-electron chi connectivity index (χ4n) is 3.19. The Morgan fingerprint density at radius 2 is 1.80 bits per heavy atom. The number of aromatic nitrogens is 3. The number of fused-ring (bicyclic) bond motifs is 1. The molecule has 9 heteroatoms. The Labute approximate surface area is 171 Å². The van der Waals surface area contributed by atoms with Crippen molar-refractivity contribution < 1.29 is 13.5 Å². The molecule has 4 aromatic rings. The van der Waals surface area contributed by atoms with Crippen molar-refractivity contribution in [1.29, 1.82) is 0 Å². The summed E-state index contributed by atoms with van der Waals surface area (Å²) in [5.74, 6) is -0.215. The summed E-state index contributed by atoms with van der Waals surface area (Å²) in [7, 11) is 1.61. The number of anilines is 4. The van der Waals surface area contributed by atoms with Crippen LogP contribution < -0.4 is 21.1 Å². The average molecular weight is 409 g/mol. The molecular formula is C21H20FN5O3.